The molecule has 13 heteroatoms. The number of fused-ring (bicyclic) bond motifs is 2. The summed E-state index contributed by atoms with van der Waals surface area (Å²) in [6.45, 7) is 6.20. The number of piperazine rings is 1. The van der Waals surface area contributed by atoms with E-state index in [4.69, 9.17) is 48.7 Å². The number of benzene rings is 2. The van der Waals surface area contributed by atoms with Crippen molar-refractivity contribution in [2.24, 2.45) is 0 Å². The number of rotatable bonds is 5. The number of nitrogens with two attached hydrogens (primary N) is 1. The minimum absolute atomic E-state index is 0.0642. The number of hydrogen-bond donors (Lipinski definition) is 3. The molecule has 2 aromatic carbocycles. The number of aromatic nitrogens is 4. The summed E-state index contributed by atoms with van der Waals surface area (Å²) in [7, 11) is 2.21. The Balaban J connectivity index is 0.000000845. The molecule has 1 saturated heterocycles. The highest BCUT2D eigenvalue weighted by atomic mass is 35.5. The second-order valence-electron chi connectivity index (χ2n) is 12.0. The minimum Gasteiger partial charge on any atom is -0.491 e. The van der Waals surface area contributed by atoms with Crippen LogP contribution in [0.15, 0.2) is 42.7 Å². The molecule has 238 valence electrons. The lowest BCUT2D eigenvalue weighted by molar-refractivity contribution is -0.134. The quantitative estimate of drug-likeness (QED) is 0.245. The van der Waals surface area contributed by atoms with Crippen LogP contribution >= 0.6 is 23.2 Å². The van der Waals surface area contributed by atoms with Gasteiger partial charge in [0.25, 0.3) is 5.97 Å². The van der Waals surface area contributed by atoms with E-state index in [9.17, 15) is 0 Å². The molecule has 45 heavy (non-hydrogen) atoms. The van der Waals surface area contributed by atoms with Crippen LogP contribution in [0.1, 0.15) is 50.3 Å². The molecule has 7 rings (SSSR count). The lowest BCUT2D eigenvalue weighted by atomic mass is 9.90. The number of nitrogens with zero attached hydrogens (tertiary/aromatic N) is 6. The summed E-state index contributed by atoms with van der Waals surface area (Å²) in [6, 6.07) is 12.7. The van der Waals surface area contributed by atoms with Gasteiger partial charge in [-0.2, -0.15) is 5.10 Å². The number of halogens is 2. The van der Waals surface area contributed by atoms with Gasteiger partial charge >= 0.3 is 0 Å². The van der Waals surface area contributed by atoms with E-state index in [1.165, 1.54) is 12.8 Å². The fraction of sp³-hybridized carbons (Fsp3) is 0.438. The van der Waals surface area contributed by atoms with E-state index >= 15 is 0 Å². The van der Waals surface area contributed by atoms with Gasteiger partial charge in [0.2, 0.25) is 0 Å². The summed E-state index contributed by atoms with van der Waals surface area (Å²) in [5, 5.41) is 18.1. The molecule has 2 aliphatic heterocycles. The second kappa shape index (κ2) is 13.4. The monoisotopic (exact) mass is 652 g/mol. The third-order valence-corrected chi connectivity index (χ3v) is 9.42. The van der Waals surface area contributed by atoms with Gasteiger partial charge in [0, 0.05) is 61.0 Å². The van der Waals surface area contributed by atoms with Gasteiger partial charge in [-0.15, -0.1) is 0 Å². The molecule has 0 spiro atoms. The second-order valence-corrected chi connectivity index (χ2v) is 12.8. The first-order valence-electron chi connectivity index (χ1n) is 15.3. The number of carboxylic acid groups (broad SMARTS) is 1. The number of aliphatic carboxylic acids is 1. The molecule has 3 aliphatic rings. The average molecular weight is 654 g/mol. The Bertz CT molecular complexity index is 1660. The SMILES string of the molecule is CC(=O)O.CN1CCN(C2CCC(n3nc(-c4ccc(NC5COc6cc(Cl)cc(Cl)c65)cc4)c4c(N)ncnc43)CC2)CC1. The van der Waals surface area contributed by atoms with Crippen molar-refractivity contribution in [2.75, 3.05) is 50.9 Å². The molecule has 1 atom stereocenters. The molecular weight excluding hydrogens is 615 g/mol. The smallest absolute Gasteiger partial charge is 0.300 e. The van der Waals surface area contributed by atoms with E-state index in [0.29, 0.717) is 34.6 Å². The fourth-order valence-electron chi connectivity index (χ4n) is 6.62. The third kappa shape index (κ3) is 6.81. The molecular formula is C32H38Cl2N8O3. The predicted molar refractivity (Wildman–Crippen MR) is 177 cm³/mol. The molecule has 4 heterocycles. The molecule has 1 aliphatic carbocycles. The fourth-order valence-corrected chi connectivity index (χ4v) is 7.23. The summed E-state index contributed by atoms with van der Waals surface area (Å²) >= 11 is 12.6. The van der Waals surface area contributed by atoms with Crippen LogP contribution in [0.5, 0.6) is 5.75 Å². The van der Waals surface area contributed by atoms with Crippen LogP contribution in [-0.2, 0) is 4.79 Å². The summed E-state index contributed by atoms with van der Waals surface area (Å²) in [5.74, 6) is 0.347. The van der Waals surface area contributed by atoms with E-state index < -0.39 is 5.97 Å². The van der Waals surface area contributed by atoms with Gasteiger partial charge in [-0.05, 0) is 57.0 Å². The normalized spacial score (nSPS) is 21.9. The number of likely N-dealkylation sites (N-methyl/N-ethyl adjacent to an activating group) is 1. The van der Waals surface area contributed by atoms with Gasteiger partial charge < -0.3 is 25.8 Å². The predicted octanol–water partition coefficient (Wildman–Crippen LogP) is 5.75. The first kappa shape index (κ1) is 31.3. The molecule has 11 nitrogen and oxygen atoms in total. The van der Waals surface area contributed by atoms with Crippen molar-refractivity contribution in [1.29, 1.82) is 0 Å². The zero-order valence-corrected chi connectivity index (χ0v) is 26.9. The molecule has 1 unspecified atom stereocenters. The highest BCUT2D eigenvalue weighted by Crippen LogP contribution is 2.42. The van der Waals surface area contributed by atoms with Crippen molar-refractivity contribution in [3.05, 3.63) is 58.3 Å². The van der Waals surface area contributed by atoms with Crippen molar-refractivity contribution in [2.45, 2.75) is 50.7 Å². The van der Waals surface area contributed by atoms with E-state index in [1.54, 1.807) is 18.5 Å². The van der Waals surface area contributed by atoms with Gasteiger partial charge in [0.05, 0.1) is 22.5 Å². The molecule has 0 bridgehead atoms. The largest absolute Gasteiger partial charge is 0.491 e. The van der Waals surface area contributed by atoms with E-state index in [-0.39, 0.29) is 6.04 Å². The Morgan fingerprint density at radius 2 is 1.69 bits per heavy atom. The van der Waals surface area contributed by atoms with Crippen molar-refractivity contribution in [3.8, 4) is 17.0 Å². The summed E-state index contributed by atoms with van der Waals surface area (Å²) in [5.41, 5.74) is 10.9. The van der Waals surface area contributed by atoms with Crippen LogP contribution in [0, 0.1) is 0 Å². The van der Waals surface area contributed by atoms with Gasteiger partial charge in [0.1, 0.15) is 30.2 Å². The standard InChI is InChI=1S/C30H34Cl2N8O.C2H4O2/c1-38-10-12-39(13-11-38)21-6-8-22(9-7-21)40-30-27(29(33)34-17-35-30)28(37-40)18-2-4-20(5-3-18)36-24-16-41-25-15-19(31)14-23(32)26(24)25;1-2(3)4/h2-5,14-15,17,21-22,24,36H,6-13,16H2,1H3,(H2,33,34,35);1H3,(H,3,4). The van der Waals surface area contributed by atoms with Crippen LogP contribution < -0.4 is 15.8 Å². The first-order valence-corrected chi connectivity index (χ1v) is 16.0. The molecule has 4 aromatic rings. The number of ether oxygens (including phenoxy) is 1. The molecule has 2 aromatic heterocycles. The first-order chi connectivity index (χ1) is 21.7. The van der Waals surface area contributed by atoms with E-state index in [2.05, 4.69) is 48.9 Å². The Morgan fingerprint density at radius 3 is 2.38 bits per heavy atom. The zero-order valence-electron chi connectivity index (χ0n) is 25.4. The Morgan fingerprint density at radius 1 is 1.02 bits per heavy atom. The van der Waals surface area contributed by atoms with Crippen LogP contribution in [-0.4, -0.2) is 86.5 Å². The van der Waals surface area contributed by atoms with Crippen molar-refractivity contribution in [3.63, 3.8) is 0 Å². The Hall–Kier alpha value is -3.64. The highest BCUT2D eigenvalue weighted by Gasteiger charge is 2.31. The topological polar surface area (TPSA) is 135 Å². The molecule has 0 amide bonds. The number of anilines is 2. The minimum atomic E-state index is -0.833. The maximum absolute atomic E-state index is 9.00. The summed E-state index contributed by atoms with van der Waals surface area (Å²) in [4.78, 5) is 23.1. The number of nitrogens with one attached hydrogen (secondary N) is 1. The Kier molecular flexibility index (Phi) is 9.32. The van der Waals surface area contributed by atoms with Crippen LogP contribution in [0.2, 0.25) is 10.0 Å². The summed E-state index contributed by atoms with van der Waals surface area (Å²) < 4.78 is 7.93. The van der Waals surface area contributed by atoms with Crippen LogP contribution in [0.25, 0.3) is 22.3 Å². The Labute approximate surface area is 272 Å². The number of carbonyl (C=O) groups is 1. The van der Waals surface area contributed by atoms with Gasteiger partial charge in [-0.1, -0.05) is 35.3 Å². The van der Waals surface area contributed by atoms with Gasteiger partial charge in [-0.3, -0.25) is 9.69 Å². The number of hydrogen-bond acceptors (Lipinski definition) is 9. The van der Waals surface area contributed by atoms with E-state index in [0.717, 1.165) is 85.2 Å². The molecule has 0 radical (unpaired) electrons. The van der Waals surface area contributed by atoms with Gasteiger partial charge in [0.15, 0.2) is 5.65 Å². The van der Waals surface area contributed by atoms with Gasteiger partial charge in [-0.25, -0.2) is 14.6 Å². The maximum atomic E-state index is 9.00. The van der Waals surface area contributed by atoms with Crippen LogP contribution in [0.4, 0.5) is 11.5 Å². The van der Waals surface area contributed by atoms with Crippen LogP contribution in [0.3, 0.4) is 0 Å². The number of carboxylic acids is 1. The highest BCUT2D eigenvalue weighted by molar-refractivity contribution is 6.35. The molecule has 4 N–H and O–H groups in total. The summed E-state index contributed by atoms with van der Waals surface area (Å²) in [6.07, 6.45) is 6.06. The zero-order chi connectivity index (χ0) is 31.7. The van der Waals surface area contributed by atoms with Crippen molar-refractivity contribution in [1.82, 2.24) is 29.5 Å². The third-order valence-electron chi connectivity index (χ3n) is 8.89. The van der Waals surface area contributed by atoms with Crippen molar-refractivity contribution < 1.29 is 14.6 Å². The molecule has 2 fully saturated rings. The average Bonchev–Trinajstić information content (AvgIpc) is 3.60. The van der Waals surface area contributed by atoms with Crippen molar-refractivity contribution >= 4 is 51.7 Å². The lowest BCUT2D eigenvalue weighted by Crippen LogP contribution is -2.49. The van der Waals surface area contributed by atoms with E-state index in [1.807, 2.05) is 12.1 Å². The molecule has 1 saturated carbocycles. The lowest BCUT2D eigenvalue weighted by Gasteiger charge is -2.41. The maximum Gasteiger partial charge on any atom is 0.300 e. The number of nitrogen functional groups attached to an aromatic ring is 1.